The van der Waals surface area contributed by atoms with Gasteiger partial charge in [-0.25, -0.2) is 4.39 Å². The monoisotopic (exact) mass is 310 g/mol. The summed E-state index contributed by atoms with van der Waals surface area (Å²) in [5, 5.41) is -0.219. The predicted molar refractivity (Wildman–Crippen MR) is 82.7 cm³/mol. The van der Waals surface area contributed by atoms with Gasteiger partial charge in [0.05, 0.1) is 18.5 Å². The molecule has 0 aliphatic carbocycles. The van der Waals surface area contributed by atoms with E-state index in [0.717, 1.165) is 12.0 Å². The maximum atomic E-state index is 14.1. The molecule has 0 aliphatic rings. The number of aryl methyl sites for hydroxylation is 1. The minimum absolute atomic E-state index is 0.0623. The van der Waals surface area contributed by atoms with Crippen LogP contribution in [0.5, 0.6) is 17.2 Å². The van der Waals surface area contributed by atoms with E-state index in [4.69, 9.17) is 32.5 Å². The molecule has 4 nitrogen and oxygen atoms in total. The summed E-state index contributed by atoms with van der Waals surface area (Å²) in [7, 11) is 1.51. The lowest BCUT2D eigenvalue weighted by atomic mass is 10.1. The number of hydrogen-bond acceptors (Lipinski definition) is 4. The molecule has 0 saturated heterocycles. The fourth-order valence-corrected chi connectivity index (χ4v) is 2.02. The van der Waals surface area contributed by atoms with Crippen molar-refractivity contribution in [3.8, 4) is 17.2 Å². The van der Waals surface area contributed by atoms with E-state index in [0.29, 0.717) is 11.5 Å². The molecule has 0 fully saturated rings. The summed E-state index contributed by atoms with van der Waals surface area (Å²) in [6.07, 6.45) is 0.848. The maximum Gasteiger partial charge on any atom is 0.188 e. The Morgan fingerprint density at radius 2 is 1.86 bits per heavy atom. The molecule has 112 valence electrons. The van der Waals surface area contributed by atoms with Crippen LogP contribution in [0.3, 0.4) is 0 Å². The van der Waals surface area contributed by atoms with Gasteiger partial charge in [-0.15, -0.1) is 0 Å². The first-order chi connectivity index (χ1) is 9.97. The molecule has 0 spiro atoms. The Kier molecular flexibility index (Phi) is 4.43. The van der Waals surface area contributed by atoms with Crippen LogP contribution in [-0.2, 0) is 6.42 Å². The first-order valence-electron chi connectivity index (χ1n) is 6.35. The molecule has 6 heteroatoms. The zero-order valence-electron chi connectivity index (χ0n) is 11.7. The smallest absolute Gasteiger partial charge is 0.188 e. The quantitative estimate of drug-likeness (QED) is 0.837. The Morgan fingerprint density at radius 3 is 2.48 bits per heavy atom. The molecule has 2 rings (SSSR count). The molecule has 0 aromatic heterocycles. The fraction of sp³-hybridized carbons (Fsp3) is 0.200. The second kappa shape index (κ2) is 6.10. The maximum absolute atomic E-state index is 14.1. The minimum Gasteiger partial charge on any atom is -0.493 e. The van der Waals surface area contributed by atoms with Crippen molar-refractivity contribution in [2.75, 3.05) is 18.6 Å². The number of halogens is 2. The van der Waals surface area contributed by atoms with E-state index in [-0.39, 0.29) is 22.1 Å². The van der Waals surface area contributed by atoms with Crippen LogP contribution in [0.4, 0.5) is 15.8 Å². The minimum atomic E-state index is -0.796. The summed E-state index contributed by atoms with van der Waals surface area (Å²) >= 11 is 5.78. The highest BCUT2D eigenvalue weighted by Gasteiger charge is 2.18. The van der Waals surface area contributed by atoms with Crippen LogP contribution < -0.4 is 20.9 Å². The third-order valence-corrected chi connectivity index (χ3v) is 3.45. The van der Waals surface area contributed by atoms with Gasteiger partial charge in [0, 0.05) is 0 Å². The number of methoxy groups -OCH3 is 1. The lowest BCUT2D eigenvalue weighted by molar-refractivity contribution is 0.371. The SMILES string of the molecule is CCc1ccc(Oc2c(N)cc(N)c(Cl)c2F)c(OC)c1. The Morgan fingerprint density at radius 1 is 1.14 bits per heavy atom. The van der Waals surface area contributed by atoms with E-state index in [1.54, 1.807) is 6.07 Å². The largest absolute Gasteiger partial charge is 0.493 e. The summed E-state index contributed by atoms with van der Waals surface area (Å²) in [5.41, 5.74) is 12.5. The lowest BCUT2D eigenvalue weighted by Crippen LogP contribution is -2.00. The van der Waals surface area contributed by atoms with Crippen molar-refractivity contribution >= 4 is 23.0 Å². The van der Waals surface area contributed by atoms with Gasteiger partial charge in [-0.1, -0.05) is 24.6 Å². The highest BCUT2D eigenvalue weighted by Crippen LogP contribution is 2.40. The van der Waals surface area contributed by atoms with Gasteiger partial charge in [-0.3, -0.25) is 0 Å². The topological polar surface area (TPSA) is 70.5 Å². The lowest BCUT2D eigenvalue weighted by Gasteiger charge is -2.14. The average molecular weight is 311 g/mol. The van der Waals surface area contributed by atoms with E-state index in [2.05, 4.69) is 0 Å². The van der Waals surface area contributed by atoms with Crippen LogP contribution in [0.2, 0.25) is 5.02 Å². The number of hydrogen-bond donors (Lipinski definition) is 2. The van der Waals surface area contributed by atoms with Crippen LogP contribution in [0.15, 0.2) is 24.3 Å². The molecule has 21 heavy (non-hydrogen) atoms. The average Bonchev–Trinajstić information content (AvgIpc) is 2.49. The van der Waals surface area contributed by atoms with Crippen molar-refractivity contribution in [1.82, 2.24) is 0 Å². The highest BCUT2D eigenvalue weighted by molar-refractivity contribution is 6.33. The summed E-state index contributed by atoms with van der Waals surface area (Å²) in [6, 6.07) is 6.74. The van der Waals surface area contributed by atoms with Crippen LogP contribution in [0, 0.1) is 5.82 Å². The molecular formula is C15H16ClFN2O2. The predicted octanol–water partition coefficient (Wildman–Crippen LogP) is 4.01. The summed E-state index contributed by atoms with van der Waals surface area (Å²) in [6.45, 7) is 2.02. The van der Waals surface area contributed by atoms with Gasteiger partial charge < -0.3 is 20.9 Å². The van der Waals surface area contributed by atoms with E-state index in [1.165, 1.54) is 13.2 Å². The summed E-state index contributed by atoms with van der Waals surface area (Å²) < 4.78 is 24.9. The number of nitrogens with two attached hydrogens (primary N) is 2. The molecule has 0 heterocycles. The van der Waals surface area contributed by atoms with Crippen molar-refractivity contribution in [2.24, 2.45) is 0 Å². The third kappa shape index (κ3) is 2.97. The number of benzene rings is 2. The van der Waals surface area contributed by atoms with Gasteiger partial charge in [0.25, 0.3) is 0 Å². The number of ether oxygens (including phenoxy) is 2. The molecule has 4 N–H and O–H groups in total. The normalized spacial score (nSPS) is 10.5. The van der Waals surface area contributed by atoms with E-state index in [9.17, 15) is 4.39 Å². The Labute approximate surface area is 127 Å². The second-order valence-electron chi connectivity index (χ2n) is 4.45. The number of nitrogen functional groups attached to an aromatic ring is 2. The van der Waals surface area contributed by atoms with Crippen LogP contribution in [0.1, 0.15) is 12.5 Å². The first-order valence-corrected chi connectivity index (χ1v) is 6.73. The van der Waals surface area contributed by atoms with Crippen molar-refractivity contribution in [2.45, 2.75) is 13.3 Å². The van der Waals surface area contributed by atoms with E-state index < -0.39 is 5.82 Å². The molecule has 0 bridgehead atoms. The van der Waals surface area contributed by atoms with Gasteiger partial charge in [0.2, 0.25) is 0 Å². The second-order valence-corrected chi connectivity index (χ2v) is 4.83. The Hall–Kier alpha value is -2.14. The summed E-state index contributed by atoms with van der Waals surface area (Å²) in [5.74, 6) is -0.130. The highest BCUT2D eigenvalue weighted by atomic mass is 35.5. The standard InChI is InChI=1S/C15H16ClFN2O2/c1-3-8-4-5-11(12(6-8)20-2)21-15-10(19)7-9(18)13(16)14(15)17/h4-7H,3,18-19H2,1-2H3. The van der Waals surface area contributed by atoms with Crippen molar-refractivity contribution in [3.63, 3.8) is 0 Å². The van der Waals surface area contributed by atoms with Gasteiger partial charge in [-0.2, -0.15) is 0 Å². The van der Waals surface area contributed by atoms with Gasteiger partial charge in [0.1, 0.15) is 5.02 Å². The van der Waals surface area contributed by atoms with Crippen molar-refractivity contribution < 1.29 is 13.9 Å². The zero-order valence-corrected chi connectivity index (χ0v) is 12.5. The van der Waals surface area contributed by atoms with Crippen LogP contribution >= 0.6 is 11.6 Å². The van der Waals surface area contributed by atoms with Gasteiger partial charge in [-0.05, 0) is 30.2 Å². The van der Waals surface area contributed by atoms with Crippen LogP contribution in [0.25, 0.3) is 0 Å². The molecular weight excluding hydrogens is 295 g/mol. The van der Waals surface area contributed by atoms with Crippen molar-refractivity contribution in [3.05, 3.63) is 40.7 Å². The molecule has 0 saturated carbocycles. The van der Waals surface area contributed by atoms with E-state index >= 15 is 0 Å². The van der Waals surface area contributed by atoms with Gasteiger partial charge >= 0.3 is 0 Å². The first kappa shape index (κ1) is 15.3. The number of rotatable bonds is 4. The third-order valence-electron chi connectivity index (χ3n) is 3.07. The fourth-order valence-electron chi connectivity index (χ4n) is 1.88. The summed E-state index contributed by atoms with van der Waals surface area (Å²) in [4.78, 5) is 0. The molecule has 0 amide bonds. The molecule has 0 unspecified atom stereocenters. The van der Waals surface area contributed by atoms with E-state index in [1.807, 2.05) is 19.1 Å². The van der Waals surface area contributed by atoms with Gasteiger partial charge in [0.15, 0.2) is 23.1 Å². The molecule has 0 atom stereocenters. The number of anilines is 2. The molecule has 2 aromatic carbocycles. The molecule has 0 radical (unpaired) electrons. The Balaban J connectivity index is 2.46. The Bertz CT molecular complexity index is 677. The molecule has 2 aromatic rings. The van der Waals surface area contributed by atoms with Crippen molar-refractivity contribution in [1.29, 1.82) is 0 Å². The molecule has 0 aliphatic heterocycles. The van der Waals surface area contributed by atoms with Crippen LogP contribution in [-0.4, -0.2) is 7.11 Å². The zero-order chi connectivity index (χ0) is 15.6.